The fourth-order valence-electron chi connectivity index (χ4n) is 2.63. The summed E-state index contributed by atoms with van der Waals surface area (Å²) in [5, 5.41) is 7.22. The molecule has 3 rings (SSSR count). The second-order valence-corrected chi connectivity index (χ2v) is 6.48. The van der Waals surface area contributed by atoms with Crippen LogP contribution < -0.4 is 10.1 Å². The van der Waals surface area contributed by atoms with Crippen LogP contribution in [-0.4, -0.2) is 15.7 Å². The van der Waals surface area contributed by atoms with Gasteiger partial charge in [0.05, 0.1) is 0 Å². The predicted octanol–water partition coefficient (Wildman–Crippen LogP) is 4.41. The van der Waals surface area contributed by atoms with Gasteiger partial charge in [-0.05, 0) is 68.1 Å². The van der Waals surface area contributed by atoms with E-state index in [9.17, 15) is 4.79 Å². The highest BCUT2D eigenvalue weighted by Gasteiger charge is 2.12. The van der Waals surface area contributed by atoms with Crippen molar-refractivity contribution in [3.8, 4) is 5.75 Å². The van der Waals surface area contributed by atoms with Gasteiger partial charge in [-0.3, -0.25) is 4.79 Å². The number of ether oxygens (including phenoxy) is 1. The van der Waals surface area contributed by atoms with Crippen LogP contribution in [0.2, 0.25) is 0 Å². The molecular formula is C21H23N3O2. The van der Waals surface area contributed by atoms with E-state index in [0.717, 1.165) is 33.7 Å². The molecule has 0 radical (unpaired) electrons. The summed E-state index contributed by atoms with van der Waals surface area (Å²) in [7, 11) is 0. The highest BCUT2D eigenvalue weighted by Crippen LogP contribution is 2.20. The van der Waals surface area contributed by atoms with Crippen molar-refractivity contribution in [2.45, 2.75) is 34.4 Å². The van der Waals surface area contributed by atoms with Gasteiger partial charge in [0, 0.05) is 11.9 Å². The molecule has 0 spiro atoms. The number of anilines is 1. The minimum Gasteiger partial charge on any atom is -0.471 e. The topological polar surface area (TPSA) is 56.1 Å². The quantitative estimate of drug-likeness (QED) is 0.742. The summed E-state index contributed by atoms with van der Waals surface area (Å²) in [6.45, 7) is 8.28. The number of benzene rings is 2. The number of hydrogen-bond acceptors (Lipinski definition) is 3. The van der Waals surface area contributed by atoms with Crippen LogP contribution in [0.25, 0.3) is 0 Å². The Morgan fingerprint density at radius 2 is 1.88 bits per heavy atom. The van der Waals surface area contributed by atoms with Crippen LogP contribution in [0.15, 0.2) is 48.7 Å². The highest BCUT2D eigenvalue weighted by molar-refractivity contribution is 6.03. The lowest BCUT2D eigenvalue weighted by molar-refractivity contribution is 0.102. The Hall–Kier alpha value is -3.08. The van der Waals surface area contributed by atoms with Gasteiger partial charge in [0.1, 0.15) is 5.75 Å². The van der Waals surface area contributed by atoms with Crippen molar-refractivity contribution >= 4 is 11.6 Å². The molecule has 26 heavy (non-hydrogen) atoms. The van der Waals surface area contributed by atoms with E-state index in [2.05, 4.69) is 10.4 Å². The van der Waals surface area contributed by atoms with Gasteiger partial charge < -0.3 is 10.1 Å². The normalized spacial score (nSPS) is 10.6. The third kappa shape index (κ3) is 3.94. The zero-order chi connectivity index (χ0) is 18.7. The molecule has 1 amide bonds. The van der Waals surface area contributed by atoms with Crippen LogP contribution in [0.4, 0.5) is 5.69 Å². The number of carbonyl (C=O) groups excluding carboxylic acids is 1. The first kappa shape index (κ1) is 17.7. The highest BCUT2D eigenvalue weighted by atomic mass is 16.5. The molecule has 3 aromatic rings. The fraction of sp³-hybridized carbons (Fsp3) is 0.238. The van der Waals surface area contributed by atoms with Crippen LogP contribution in [-0.2, 0) is 6.73 Å². The second-order valence-electron chi connectivity index (χ2n) is 6.48. The molecule has 0 saturated carbocycles. The third-order valence-corrected chi connectivity index (χ3v) is 4.42. The van der Waals surface area contributed by atoms with Gasteiger partial charge >= 0.3 is 0 Å². The molecule has 1 N–H and O–H groups in total. The molecule has 0 atom stereocenters. The molecule has 5 nitrogen and oxygen atoms in total. The van der Waals surface area contributed by atoms with Gasteiger partial charge in [0.2, 0.25) is 0 Å². The lowest BCUT2D eigenvalue weighted by Crippen LogP contribution is -2.15. The zero-order valence-electron chi connectivity index (χ0n) is 15.5. The number of nitrogens with zero attached hydrogens (tertiary/aromatic N) is 2. The Morgan fingerprint density at radius 1 is 1.08 bits per heavy atom. The van der Waals surface area contributed by atoms with Crippen LogP contribution in [0.3, 0.4) is 0 Å². The molecule has 0 aliphatic rings. The zero-order valence-corrected chi connectivity index (χ0v) is 15.5. The molecule has 0 aliphatic heterocycles. The van der Waals surface area contributed by atoms with Crippen molar-refractivity contribution in [2.75, 3.05) is 5.32 Å². The Labute approximate surface area is 153 Å². The van der Waals surface area contributed by atoms with Crippen LogP contribution >= 0.6 is 0 Å². The summed E-state index contributed by atoms with van der Waals surface area (Å²) in [4.78, 5) is 12.4. The van der Waals surface area contributed by atoms with E-state index in [-0.39, 0.29) is 12.6 Å². The second kappa shape index (κ2) is 7.44. The fourth-order valence-corrected chi connectivity index (χ4v) is 2.63. The van der Waals surface area contributed by atoms with Gasteiger partial charge in [-0.15, -0.1) is 0 Å². The lowest BCUT2D eigenvalue weighted by atomic mass is 10.1. The van der Waals surface area contributed by atoms with Crippen molar-refractivity contribution in [1.29, 1.82) is 0 Å². The van der Waals surface area contributed by atoms with Crippen molar-refractivity contribution in [1.82, 2.24) is 9.78 Å². The van der Waals surface area contributed by atoms with Gasteiger partial charge in [-0.2, -0.15) is 5.10 Å². The van der Waals surface area contributed by atoms with Gasteiger partial charge in [0.25, 0.3) is 5.91 Å². The monoisotopic (exact) mass is 349 g/mol. The SMILES string of the molecule is Cc1ccc(C)c(OCn2ccc(C(=O)Nc3cccc(C)c3C)n2)c1. The first-order valence-electron chi connectivity index (χ1n) is 8.55. The maximum Gasteiger partial charge on any atom is 0.276 e. The van der Waals surface area contributed by atoms with E-state index >= 15 is 0 Å². The Kier molecular flexibility index (Phi) is 5.07. The summed E-state index contributed by atoms with van der Waals surface area (Å²) in [5.74, 6) is 0.589. The van der Waals surface area contributed by atoms with E-state index in [1.165, 1.54) is 0 Å². The third-order valence-electron chi connectivity index (χ3n) is 4.42. The first-order valence-corrected chi connectivity index (χ1v) is 8.55. The van der Waals surface area contributed by atoms with Gasteiger partial charge in [-0.25, -0.2) is 4.68 Å². The number of carbonyl (C=O) groups is 1. The molecule has 0 aliphatic carbocycles. The number of aryl methyl sites for hydroxylation is 3. The first-order chi connectivity index (χ1) is 12.4. The van der Waals surface area contributed by atoms with Crippen LogP contribution in [0, 0.1) is 27.7 Å². The molecule has 1 aromatic heterocycles. The summed E-state index contributed by atoms with van der Waals surface area (Å²) in [6, 6.07) is 13.6. The number of amides is 1. The van der Waals surface area contributed by atoms with Crippen LogP contribution in [0.1, 0.15) is 32.7 Å². The molecule has 0 fully saturated rings. The average Bonchev–Trinajstić information content (AvgIpc) is 3.09. The Balaban J connectivity index is 1.66. The predicted molar refractivity (Wildman–Crippen MR) is 103 cm³/mol. The smallest absolute Gasteiger partial charge is 0.276 e. The maximum atomic E-state index is 12.4. The average molecular weight is 349 g/mol. The van der Waals surface area contributed by atoms with E-state index in [4.69, 9.17) is 4.74 Å². The molecule has 134 valence electrons. The largest absolute Gasteiger partial charge is 0.471 e. The van der Waals surface area contributed by atoms with Crippen molar-refractivity contribution in [2.24, 2.45) is 0 Å². The van der Waals surface area contributed by atoms with E-state index in [1.807, 2.05) is 64.1 Å². The molecular weight excluding hydrogens is 326 g/mol. The number of hydrogen-bond donors (Lipinski definition) is 1. The standard InChI is InChI=1S/C21H23N3O2/c1-14-8-9-16(3)20(12-14)26-13-24-11-10-19(23-24)21(25)22-18-7-5-6-15(2)17(18)4/h5-12H,13H2,1-4H3,(H,22,25). The van der Waals surface area contributed by atoms with Crippen LogP contribution in [0.5, 0.6) is 5.75 Å². The van der Waals surface area contributed by atoms with Crippen molar-refractivity contribution < 1.29 is 9.53 Å². The van der Waals surface area contributed by atoms with Gasteiger partial charge in [-0.1, -0.05) is 24.3 Å². The molecule has 5 heteroatoms. The molecule has 0 saturated heterocycles. The maximum absolute atomic E-state index is 12.4. The van der Waals surface area contributed by atoms with Crippen molar-refractivity contribution in [3.63, 3.8) is 0 Å². The Bertz CT molecular complexity index is 944. The van der Waals surface area contributed by atoms with E-state index in [1.54, 1.807) is 16.9 Å². The lowest BCUT2D eigenvalue weighted by Gasteiger charge is -2.10. The minimum absolute atomic E-state index is 0.232. The van der Waals surface area contributed by atoms with E-state index in [0.29, 0.717) is 5.69 Å². The summed E-state index contributed by atoms with van der Waals surface area (Å²) in [6.07, 6.45) is 1.74. The Morgan fingerprint density at radius 3 is 2.69 bits per heavy atom. The number of aromatic nitrogens is 2. The van der Waals surface area contributed by atoms with E-state index < -0.39 is 0 Å². The number of rotatable bonds is 5. The molecule has 2 aromatic carbocycles. The molecule has 0 bridgehead atoms. The minimum atomic E-state index is -0.232. The summed E-state index contributed by atoms with van der Waals surface area (Å²) < 4.78 is 7.43. The van der Waals surface area contributed by atoms with Crippen molar-refractivity contribution in [3.05, 3.63) is 76.6 Å². The molecule has 1 heterocycles. The summed E-state index contributed by atoms with van der Waals surface area (Å²) in [5.41, 5.74) is 5.55. The number of nitrogens with one attached hydrogen (secondary N) is 1. The summed E-state index contributed by atoms with van der Waals surface area (Å²) >= 11 is 0. The molecule has 0 unspecified atom stereocenters. The van der Waals surface area contributed by atoms with Gasteiger partial charge in [0.15, 0.2) is 12.4 Å².